The predicted molar refractivity (Wildman–Crippen MR) is 526 cm³/mol. The fraction of sp³-hybridized carbons (Fsp3) is 0.321. The summed E-state index contributed by atoms with van der Waals surface area (Å²) in [7, 11) is 0. The molecule has 0 aliphatic rings. The van der Waals surface area contributed by atoms with Gasteiger partial charge in [0.15, 0.2) is 0 Å². The van der Waals surface area contributed by atoms with E-state index in [1.165, 1.54) is 37.7 Å². The first-order valence-corrected chi connectivity index (χ1v) is 43.0. The molecule has 9 heteroatoms. The van der Waals surface area contributed by atoms with Crippen molar-refractivity contribution in [3.63, 3.8) is 0 Å². The number of rotatable bonds is 0. The summed E-state index contributed by atoms with van der Waals surface area (Å²) >= 11 is 0. The van der Waals surface area contributed by atoms with Crippen molar-refractivity contribution in [2.45, 2.75) is 235 Å². The molecule has 0 unspecified atom stereocenters. The lowest BCUT2D eigenvalue weighted by Gasteiger charge is -2.00. The van der Waals surface area contributed by atoms with Crippen LogP contribution < -0.4 is 0 Å². The zero-order chi connectivity index (χ0) is 89.2. The van der Waals surface area contributed by atoms with Gasteiger partial charge in [-0.15, -0.1) is 0 Å². The third-order valence-electron chi connectivity index (χ3n) is 12.0. The monoisotopic (exact) mass is 1560 g/mol. The molecule has 0 aliphatic heterocycles. The van der Waals surface area contributed by atoms with Crippen LogP contribution in [0.2, 0.25) is 0 Å². The molecule has 6 aromatic heterocycles. The summed E-state index contributed by atoms with van der Waals surface area (Å²) in [4.78, 5) is 32.4. The molecule has 0 N–H and O–H groups in total. The number of hydrogen-bond donors (Lipinski definition) is 0. The van der Waals surface area contributed by atoms with Gasteiger partial charge >= 0.3 is 0 Å². The topological polar surface area (TPSA) is 116 Å². The second-order valence-electron chi connectivity index (χ2n) is 18.1. The standard InChI is InChI=1S/C14H10.C12H8N2.C10H8.C9H7N.C8H6O.C6H8N2.C6H6.C5H5N.C4H4N2.16C2H6/c1-2-6-12-10-14-8-4-3-7-13(14)9-11(12)5-1;1-2-6-10-9(5-1)13-11-7-3-4-8-12(11)14-10;1-2-6-10-8-4-3-7-9(10)5-1;1-2-6-9-8(4-1)5-3-7-10-9;1-2-4-8-7(3-1)5-6-9-8;1-5-3-7-6(2)8-4-5;2*1-2-4-6-5-3-1;1-2-6-4-3-5-1;16*1-2/h1-10H;1-8H;1-8H;1-7H;1-6H;3-4H,1-2H3;1-6H;1-5H;1-4H;16*1-2H3. The molecule has 0 saturated heterocycles. The normalized spacial score (nSPS) is 7.91. The van der Waals surface area contributed by atoms with Crippen molar-refractivity contribution in [2.24, 2.45) is 0 Å². The molecule has 0 fully saturated rings. The fourth-order valence-corrected chi connectivity index (χ4v) is 7.91. The highest BCUT2D eigenvalue weighted by Gasteiger charge is 1.99. The van der Waals surface area contributed by atoms with Gasteiger partial charge in [0.25, 0.3) is 0 Å². The van der Waals surface area contributed by atoms with Crippen molar-refractivity contribution < 1.29 is 4.42 Å². The predicted octanol–water partition coefficient (Wildman–Crippen LogP) is 35.0. The van der Waals surface area contributed by atoms with Crippen molar-refractivity contribution in [2.75, 3.05) is 0 Å². The number of hydrogen-bond acceptors (Lipinski definition) is 9. The van der Waals surface area contributed by atoms with E-state index in [1.54, 1.807) is 43.4 Å². The van der Waals surface area contributed by atoms with Gasteiger partial charge in [-0.25, -0.2) is 19.9 Å². The summed E-state index contributed by atoms with van der Waals surface area (Å²) in [6, 6.07) is 93.7. The van der Waals surface area contributed by atoms with Crippen LogP contribution in [0.3, 0.4) is 0 Å². The maximum atomic E-state index is 5.12. The zero-order valence-corrected chi connectivity index (χ0v) is 78.3. The highest BCUT2D eigenvalue weighted by atomic mass is 16.3. The number of aromatic nitrogens is 8. The molecular formula is C106H158N8O. The van der Waals surface area contributed by atoms with Gasteiger partial charge in [0.05, 0.1) is 33.8 Å². The summed E-state index contributed by atoms with van der Waals surface area (Å²) in [5.41, 5.74) is 6.92. The van der Waals surface area contributed by atoms with Crippen LogP contribution in [0.4, 0.5) is 0 Å². The van der Waals surface area contributed by atoms with E-state index in [4.69, 9.17) is 4.42 Å². The van der Waals surface area contributed by atoms with E-state index in [9.17, 15) is 0 Å². The van der Waals surface area contributed by atoms with Gasteiger partial charge in [-0.05, 0) is 125 Å². The molecule has 0 bridgehead atoms. The minimum Gasteiger partial charge on any atom is -0.464 e. The van der Waals surface area contributed by atoms with Crippen molar-refractivity contribution in [3.05, 3.63) is 352 Å². The van der Waals surface area contributed by atoms with Crippen LogP contribution in [0.5, 0.6) is 0 Å². The second kappa shape index (κ2) is 103. The molecule has 628 valence electrons. The third-order valence-corrected chi connectivity index (χ3v) is 12.0. The lowest BCUT2D eigenvalue weighted by atomic mass is 10.0. The molecule has 115 heavy (non-hydrogen) atoms. The fourth-order valence-electron chi connectivity index (χ4n) is 7.91. The van der Waals surface area contributed by atoms with E-state index >= 15 is 0 Å². The lowest BCUT2D eigenvalue weighted by molar-refractivity contribution is 0.616. The van der Waals surface area contributed by atoms with Crippen molar-refractivity contribution in [3.8, 4) is 0 Å². The van der Waals surface area contributed by atoms with Gasteiger partial charge in [0.1, 0.15) is 11.4 Å². The van der Waals surface area contributed by atoms with E-state index in [-0.39, 0.29) is 0 Å². The Morgan fingerprint density at radius 1 is 0.191 bits per heavy atom. The smallest absolute Gasteiger partial charge is 0.133 e. The van der Waals surface area contributed by atoms with Gasteiger partial charge < -0.3 is 4.42 Å². The summed E-state index contributed by atoms with van der Waals surface area (Å²) in [6.07, 6.45) is 17.2. The van der Waals surface area contributed by atoms with E-state index in [2.05, 4.69) is 161 Å². The van der Waals surface area contributed by atoms with E-state index < -0.39 is 0 Å². The first-order chi connectivity index (χ1) is 57.1. The number of aryl methyl sites for hydroxylation is 2. The van der Waals surface area contributed by atoms with Gasteiger partial charge in [0, 0.05) is 66.5 Å². The van der Waals surface area contributed by atoms with Crippen LogP contribution in [-0.4, -0.2) is 39.9 Å². The van der Waals surface area contributed by atoms with Crippen molar-refractivity contribution in [1.82, 2.24) is 39.9 Å². The molecule has 16 rings (SSSR count). The number of benzene rings is 10. The third kappa shape index (κ3) is 62.0. The number of fused-ring (bicyclic) bond motifs is 7. The highest BCUT2D eigenvalue weighted by molar-refractivity contribution is 5.98. The van der Waals surface area contributed by atoms with Crippen LogP contribution in [0.15, 0.2) is 346 Å². The van der Waals surface area contributed by atoms with Gasteiger partial charge in [-0.2, -0.15) is 0 Å². The number of para-hydroxylation sites is 6. The first kappa shape index (κ1) is 122. The largest absolute Gasteiger partial charge is 0.464 e. The quantitative estimate of drug-likeness (QED) is 0.137. The summed E-state index contributed by atoms with van der Waals surface area (Å²) in [5.74, 6) is 0.829. The Labute approximate surface area is 704 Å². The lowest BCUT2D eigenvalue weighted by Crippen LogP contribution is -1.85. The number of nitrogens with zero attached hydrogens (tertiary/aromatic N) is 8. The molecule has 6 heterocycles. The molecule has 0 atom stereocenters. The SMILES string of the molecule is CC.CC.CC.CC.CC.CC.CC.CC.CC.CC.CC.CC.CC.CC.CC.CC.Cc1cnc(C)nc1.c1ccc2cc3ccccc3cc2c1.c1ccc2ccccc2c1.c1ccc2nc3ccccc3nc2c1.c1ccc2ncccc2c1.c1ccc2occc2c1.c1ccccc1.c1ccncc1.c1cnccn1. The van der Waals surface area contributed by atoms with E-state index in [0.29, 0.717) is 0 Å². The van der Waals surface area contributed by atoms with Gasteiger partial charge in [0.2, 0.25) is 0 Å². The average Bonchev–Trinajstić information content (AvgIpc) is 1.35. The molecule has 16 aromatic rings. The van der Waals surface area contributed by atoms with Crippen LogP contribution in [0.25, 0.3) is 76.3 Å². The Balaban J connectivity index is -0.000000152. The Morgan fingerprint density at radius 3 is 0.696 bits per heavy atom. The maximum Gasteiger partial charge on any atom is 0.133 e. The summed E-state index contributed by atoms with van der Waals surface area (Å²) in [6.45, 7) is 67.8. The van der Waals surface area contributed by atoms with Gasteiger partial charge in [-0.1, -0.05) is 428 Å². The van der Waals surface area contributed by atoms with Crippen LogP contribution in [0.1, 0.15) is 233 Å². The second-order valence-corrected chi connectivity index (χ2v) is 18.1. The molecule has 0 radical (unpaired) electrons. The Kier molecular flexibility index (Phi) is 109. The van der Waals surface area contributed by atoms with Crippen LogP contribution in [-0.2, 0) is 0 Å². The molecular weight excluding hydrogens is 1400 g/mol. The van der Waals surface area contributed by atoms with Crippen LogP contribution >= 0.6 is 0 Å². The maximum absolute atomic E-state index is 5.12. The van der Waals surface area contributed by atoms with Crippen molar-refractivity contribution in [1.29, 1.82) is 0 Å². The molecule has 0 saturated carbocycles. The summed E-state index contributed by atoms with van der Waals surface area (Å²) in [5, 5.41) is 10.2. The number of furan rings is 1. The first-order valence-electron chi connectivity index (χ1n) is 43.0. The van der Waals surface area contributed by atoms with E-state index in [1.807, 2.05) is 412 Å². The zero-order valence-electron chi connectivity index (χ0n) is 78.3. The Morgan fingerprint density at radius 2 is 0.435 bits per heavy atom. The highest BCUT2D eigenvalue weighted by Crippen LogP contribution is 2.22. The number of pyridine rings is 2. The Bertz CT molecular complexity index is 3650. The van der Waals surface area contributed by atoms with E-state index in [0.717, 1.165) is 49.9 Å². The molecule has 10 aromatic carbocycles. The minimum absolute atomic E-state index is 0.829. The Hall–Kier alpha value is -11.2. The molecule has 9 nitrogen and oxygen atoms in total. The summed E-state index contributed by atoms with van der Waals surface area (Å²) < 4.78 is 5.12. The molecule has 0 aliphatic carbocycles. The minimum atomic E-state index is 0.829. The average molecular weight is 1560 g/mol. The molecule has 0 spiro atoms. The molecule has 0 amide bonds. The van der Waals surface area contributed by atoms with Crippen LogP contribution in [0, 0.1) is 13.8 Å². The van der Waals surface area contributed by atoms with Crippen molar-refractivity contribution >= 4 is 76.3 Å². The van der Waals surface area contributed by atoms with Gasteiger partial charge in [-0.3, -0.25) is 19.9 Å².